The number of amides is 1. The van der Waals surface area contributed by atoms with E-state index >= 15 is 0 Å². The van der Waals surface area contributed by atoms with Crippen molar-refractivity contribution in [2.45, 2.75) is 206 Å². The minimum atomic E-state index is -4.79. The van der Waals surface area contributed by atoms with Gasteiger partial charge in [0.05, 0.1) is 13.2 Å². The number of carbonyl (C=O) groups excluding carboxylic acids is 2. The van der Waals surface area contributed by atoms with E-state index in [0.717, 1.165) is 57.8 Å². The van der Waals surface area contributed by atoms with Crippen LogP contribution in [0.5, 0.6) is 0 Å². The number of carboxylic acid groups (broad SMARTS) is 1. The summed E-state index contributed by atoms with van der Waals surface area (Å²) < 4.78 is 26.9. The van der Waals surface area contributed by atoms with E-state index in [2.05, 4.69) is 98.2 Å². The van der Waals surface area contributed by atoms with Gasteiger partial charge in [0.1, 0.15) is 12.7 Å². The monoisotopic (exact) mass is 944 g/mol. The van der Waals surface area contributed by atoms with Gasteiger partial charge in [-0.05, 0) is 83.5 Å². The molecule has 12 heteroatoms. The molecule has 0 radical (unpaired) electrons. The molecule has 1 amide bonds. The van der Waals surface area contributed by atoms with Crippen molar-refractivity contribution in [2.75, 3.05) is 19.8 Å². The molecule has 3 unspecified atom stereocenters. The summed E-state index contributed by atoms with van der Waals surface area (Å²) >= 11 is 0. The van der Waals surface area contributed by atoms with Gasteiger partial charge in [0.15, 0.2) is 6.04 Å². The lowest BCUT2D eigenvalue weighted by molar-refractivity contribution is -0.147. The Morgan fingerprint density at radius 2 is 0.894 bits per heavy atom. The second-order valence-corrected chi connectivity index (χ2v) is 18.1. The van der Waals surface area contributed by atoms with E-state index in [1.807, 2.05) is 18.2 Å². The van der Waals surface area contributed by atoms with Crippen LogP contribution in [-0.2, 0) is 32.7 Å². The number of rotatable bonds is 46. The smallest absolute Gasteiger partial charge is 0.472 e. The Morgan fingerprint density at radius 3 is 1.35 bits per heavy atom. The third kappa shape index (κ3) is 46.9. The van der Waals surface area contributed by atoms with Crippen molar-refractivity contribution in [3.63, 3.8) is 0 Å². The quantitative estimate of drug-likeness (QED) is 0.0199. The van der Waals surface area contributed by atoms with Crippen molar-refractivity contribution < 1.29 is 47.8 Å². The summed E-state index contributed by atoms with van der Waals surface area (Å²) in [4.78, 5) is 46.1. The molecule has 4 N–H and O–H groups in total. The molecular weight excluding hydrogens is 854 g/mol. The largest absolute Gasteiger partial charge is 0.480 e. The lowest BCUT2D eigenvalue weighted by Gasteiger charge is -2.18. The minimum Gasteiger partial charge on any atom is -0.480 e. The van der Waals surface area contributed by atoms with Crippen molar-refractivity contribution in [1.82, 2.24) is 5.32 Å². The average molecular weight is 944 g/mol. The Labute approximate surface area is 400 Å². The lowest BCUT2D eigenvalue weighted by atomic mass is 10.0. The summed E-state index contributed by atoms with van der Waals surface area (Å²) in [5.74, 6) is -2.50. The molecule has 0 aliphatic carbocycles. The van der Waals surface area contributed by atoms with Crippen LogP contribution < -0.4 is 5.32 Å². The highest BCUT2D eigenvalue weighted by Gasteiger charge is 2.28. The van der Waals surface area contributed by atoms with Gasteiger partial charge in [0, 0.05) is 12.8 Å². The van der Waals surface area contributed by atoms with Gasteiger partial charge in [0.25, 0.3) is 0 Å². The Hall–Kier alpha value is -3.60. The number of ether oxygens (including phenoxy) is 1. The van der Waals surface area contributed by atoms with E-state index in [9.17, 15) is 34.1 Å². The van der Waals surface area contributed by atoms with Crippen LogP contribution in [0.25, 0.3) is 0 Å². The number of unbranched alkanes of at least 4 members (excludes halogenated alkanes) is 16. The molecule has 0 rings (SSSR count). The fraction of sp³-hybridized carbons (Fsp3) is 0.648. The molecular formula is C54H90NO10P. The Kier molecular flexibility index (Phi) is 45.3. The fourth-order valence-electron chi connectivity index (χ4n) is 6.49. The van der Waals surface area contributed by atoms with Crippen LogP contribution in [0.1, 0.15) is 194 Å². The summed E-state index contributed by atoms with van der Waals surface area (Å²) in [6.07, 6.45) is 61.6. The van der Waals surface area contributed by atoms with E-state index in [0.29, 0.717) is 19.3 Å². The Bertz CT molecular complexity index is 1480. The summed E-state index contributed by atoms with van der Waals surface area (Å²) in [5.41, 5.74) is 0. The van der Waals surface area contributed by atoms with Gasteiger partial charge in [-0.1, -0.05) is 195 Å². The highest BCUT2D eigenvalue weighted by Crippen LogP contribution is 2.43. The van der Waals surface area contributed by atoms with E-state index in [-0.39, 0.29) is 12.8 Å². The van der Waals surface area contributed by atoms with E-state index in [4.69, 9.17) is 13.8 Å². The maximum absolute atomic E-state index is 12.3. The number of phosphoric ester groups is 1. The van der Waals surface area contributed by atoms with Gasteiger partial charge in [-0.2, -0.15) is 0 Å². The minimum absolute atomic E-state index is 0.0156. The van der Waals surface area contributed by atoms with Crippen molar-refractivity contribution in [1.29, 1.82) is 0 Å². The molecule has 0 aromatic carbocycles. The molecule has 3 atom stereocenters. The predicted octanol–water partition coefficient (Wildman–Crippen LogP) is 14.0. The molecule has 0 saturated carbocycles. The number of phosphoric acid groups is 1. The number of aliphatic hydroxyl groups excluding tert-OH is 1. The second kappa shape index (κ2) is 47.9. The van der Waals surface area contributed by atoms with E-state index in [1.165, 1.54) is 89.9 Å². The average Bonchev–Trinajstić information content (AvgIpc) is 3.29. The fourth-order valence-corrected chi connectivity index (χ4v) is 7.26. The zero-order chi connectivity index (χ0) is 48.4. The van der Waals surface area contributed by atoms with Gasteiger partial charge in [-0.25, -0.2) is 9.36 Å². The third-order valence-corrected chi connectivity index (χ3v) is 11.3. The number of carboxylic acids is 1. The van der Waals surface area contributed by atoms with Crippen LogP contribution in [0.4, 0.5) is 0 Å². The molecule has 0 bridgehead atoms. The van der Waals surface area contributed by atoms with E-state index < -0.39 is 57.6 Å². The molecule has 0 aromatic heterocycles. The van der Waals surface area contributed by atoms with Gasteiger partial charge in [-0.3, -0.25) is 18.6 Å². The number of hydrogen-bond donors (Lipinski definition) is 4. The summed E-state index contributed by atoms with van der Waals surface area (Å²) in [6, 6.07) is -1.59. The van der Waals surface area contributed by atoms with Crippen LogP contribution in [0.15, 0.2) is 97.2 Å². The van der Waals surface area contributed by atoms with Gasteiger partial charge in [-0.15, -0.1) is 0 Å². The lowest BCUT2D eigenvalue weighted by Crippen LogP contribution is -2.43. The highest BCUT2D eigenvalue weighted by atomic mass is 31.2. The molecule has 0 fully saturated rings. The predicted molar refractivity (Wildman–Crippen MR) is 272 cm³/mol. The molecule has 11 nitrogen and oxygen atoms in total. The van der Waals surface area contributed by atoms with Crippen LogP contribution in [0.3, 0.4) is 0 Å². The van der Waals surface area contributed by atoms with Crippen LogP contribution >= 0.6 is 7.82 Å². The molecule has 376 valence electrons. The normalized spacial score (nSPS) is 14.4. The Morgan fingerprint density at radius 1 is 0.500 bits per heavy atom. The maximum atomic E-state index is 12.3. The van der Waals surface area contributed by atoms with Crippen molar-refractivity contribution in [3.8, 4) is 0 Å². The molecule has 0 saturated heterocycles. The first-order valence-corrected chi connectivity index (χ1v) is 26.8. The number of allylic oxidation sites excluding steroid dienone is 16. The van der Waals surface area contributed by atoms with Crippen molar-refractivity contribution >= 4 is 25.7 Å². The number of hydrogen-bond acceptors (Lipinski definition) is 8. The number of aliphatic hydroxyl groups is 1. The summed E-state index contributed by atoms with van der Waals surface area (Å²) in [5, 5.41) is 21.8. The standard InChI is InChI=1S/C54H90NO10P/c1-3-5-7-9-11-13-15-17-19-21-23-24-25-26-28-30-32-34-36-38-40-42-44-46-53(58)63-47-50(56)48-64-66(61,62)65-49-51(54(59)60)55-52(57)45-43-41-39-37-35-33-31-29-27-22-20-18-16-14-12-10-8-6-4-2/h6,8,11-14,17-20,27,29,33,35,39,41,50-51,56H,3-5,7,9-10,15-16,21-26,28,30-32,34,36-38,40,42-49H2,1-2H3,(H,55,57)(H,59,60)(H,61,62)/b8-6-,13-11-,14-12-,19-17-,20-18-,29-27-,35-33-,41-39-. The number of esters is 1. The molecule has 0 heterocycles. The third-order valence-electron chi connectivity index (χ3n) is 10.4. The molecule has 0 aliphatic heterocycles. The Balaban J connectivity index is 3.91. The summed E-state index contributed by atoms with van der Waals surface area (Å²) in [6.45, 7) is 2.41. The molecule has 0 spiro atoms. The number of aliphatic carboxylic acids is 1. The van der Waals surface area contributed by atoms with Crippen LogP contribution in [0, 0.1) is 0 Å². The summed E-state index contributed by atoms with van der Waals surface area (Å²) in [7, 11) is -4.79. The van der Waals surface area contributed by atoms with Crippen molar-refractivity contribution in [2.24, 2.45) is 0 Å². The van der Waals surface area contributed by atoms with Gasteiger partial charge in [0.2, 0.25) is 5.91 Å². The van der Waals surface area contributed by atoms with Crippen LogP contribution in [0.2, 0.25) is 0 Å². The SMILES string of the molecule is CC/C=C\C/C=C\C/C=C\C/C=C\C/C=C\C/C=C\CCC(=O)NC(COP(=O)(O)OCC(O)COC(=O)CCCCCCCCCCCCCCC/C=C\C/C=C\CCCCC)C(=O)O. The zero-order valence-corrected chi connectivity index (χ0v) is 41.9. The maximum Gasteiger partial charge on any atom is 0.472 e. The van der Waals surface area contributed by atoms with Crippen LogP contribution in [-0.4, -0.2) is 64.9 Å². The molecule has 0 aromatic rings. The first-order chi connectivity index (χ1) is 32.1. The first kappa shape index (κ1) is 62.4. The second-order valence-electron chi connectivity index (χ2n) is 16.6. The topological polar surface area (TPSA) is 169 Å². The number of nitrogens with one attached hydrogen (secondary N) is 1. The molecule has 0 aliphatic rings. The molecule has 66 heavy (non-hydrogen) atoms. The van der Waals surface area contributed by atoms with Gasteiger partial charge >= 0.3 is 19.8 Å². The highest BCUT2D eigenvalue weighted by molar-refractivity contribution is 7.47. The van der Waals surface area contributed by atoms with Crippen molar-refractivity contribution in [3.05, 3.63) is 97.2 Å². The zero-order valence-electron chi connectivity index (χ0n) is 41.0. The van der Waals surface area contributed by atoms with Gasteiger partial charge < -0.3 is 25.2 Å². The van der Waals surface area contributed by atoms with E-state index in [1.54, 1.807) is 0 Å². The number of carbonyl (C=O) groups is 3. The first-order valence-electron chi connectivity index (χ1n) is 25.3.